The second-order valence-corrected chi connectivity index (χ2v) is 3.56. The standard InChI is InChI=1S/C12H13NO4/c1-8-10-7-9(16-6-5-15-2)3-4-11(10)17-12(14)13-8/h3-4,7H,5-6H2,1-2H3. The van der Waals surface area contributed by atoms with Crippen LogP contribution in [0.4, 0.5) is 0 Å². The van der Waals surface area contributed by atoms with Gasteiger partial charge < -0.3 is 13.9 Å². The highest BCUT2D eigenvalue weighted by Gasteiger charge is 2.04. The fourth-order valence-electron chi connectivity index (χ4n) is 1.53. The number of benzene rings is 1. The van der Waals surface area contributed by atoms with Gasteiger partial charge in [0.05, 0.1) is 12.3 Å². The van der Waals surface area contributed by atoms with Crippen LogP contribution in [0.1, 0.15) is 5.69 Å². The van der Waals surface area contributed by atoms with Gasteiger partial charge in [0.25, 0.3) is 0 Å². The zero-order chi connectivity index (χ0) is 12.3. The van der Waals surface area contributed by atoms with Crippen LogP contribution in [0.5, 0.6) is 5.75 Å². The fourth-order valence-corrected chi connectivity index (χ4v) is 1.53. The summed E-state index contributed by atoms with van der Waals surface area (Å²) in [7, 11) is 1.62. The van der Waals surface area contributed by atoms with Crippen molar-refractivity contribution in [2.45, 2.75) is 6.92 Å². The number of aromatic nitrogens is 1. The lowest BCUT2D eigenvalue weighted by atomic mass is 10.2. The molecular formula is C12H13NO4. The van der Waals surface area contributed by atoms with Crippen molar-refractivity contribution in [3.8, 4) is 5.75 Å². The normalized spacial score (nSPS) is 10.7. The predicted molar refractivity (Wildman–Crippen MR) is 62.4 cm³/mol. The highest BCUT2D eigenvalue weighted by atomic mass is 16.5. The molecule has 2 aromatic rings. The van der Waals surface area contributed by atoms with Crippen molar-refractivity contribution in [3.63, 3.8) is 0 Å². The van der Waals surface area contributed by atoms with Crippen molar-refractivity contribution >= 4 is 11.0 Å². The Bertz CT molecular complexity index is 576. The molecule has 2 rings (SSSR count). The molecule has 1 aromatic heterocycles. The zero-order valence-electron chi connectivity index (χ0n) is 9.73. The molecule has 1 heterocycles. The average Bonchev–Trinajstić information content (AvgIpc) is 2.30. The van der Waals surface area contributed by atoms with Gasteiger partial charge in [-0.3, -0.25) is 0 Å². The van der Waals surface area contributed by atoms with Gasteiger partial charge >= 0.3 is 5.76 Å². The summed E-state index contributed by atoms with van der Waals surface area (Å²) in [5, 5.41) is 0.777. The van der Waals surface area contributed by atoms with E-state index in [2.05, 4.69) is 4.98 Å². The molecule has 0 unspecified atom stereocenters. The van der Waals surface area contributed by atoms with Gasteiger partial charge in [-0.25, -0.2) is 4.79 Å². The third kappa shape index (κ3) is 2.62. The Labute approximate surface area is 98.0 Å². The summed E-state index contributed by atoms with van der Waals surface area (Å²) in [5.74, 6) is 0.122. The first kappa shape index (κ1) is 11.6. The van der Waals surface area contributed by atoms with E-state index in [0.717, 1.165) is 5.39 Å². The molecule has 0 spiro atoms. The van der Waals surface area contributed by atoms with Crippen LogP contribution in [0.2, 0.25) is 0 Å². The Morgan fingerprint density at radius 1 is 1.35 bits per heavy atom. The van der Waals surface area contributed by atoms with Gasteiger partial charge in [-0.05, 0) is 25.1 Å². The van der Waals surface area contributed by atoms with E-state index in [1.807, 2.05) is 0 Å². The highest BCUT2D eigenvalue weighted by molar-refractivity contribution is 5.80. The molecule has 0 aliphatic heterocycles. The van der Waals surface area contributed by atoms with Crippen LogP contribution in [0, 0.1) is 6.92 Å². The van der Waals surface area contributed by atoms with Gasteiger partial charge in [-0.1, -0.05) is 0 Å². The van der Waals surface area contributed by atoms with Gasteiger partial charge in [-0.15, -0.1) is 0 Å². The van der Waals surface area contributed by atoms with E-state index in [-0.39, 0.29) is 0 Å². The second-order valence-electron chi connectivity index (χ2n) is 3.56. The van der Waals surface area contributed by atoms with Crippen molar-refractivity contribution < 1.29 is 13.9 Å². The predicted octanol–water partition coefficient (Wildman–Crippen LogP) is 1.52. The van der Waals surface area contributed by atoms with Gasteiger partial charge in [-0.2, -0.15) is 4.98 Å². The molecule has 0 saturated heterocycles. The Hall–Kier alpha value is -1.88. The topological polar surface area (TPSA) is 61.6 Å². The first-order valence-electron chi connectivity index (χ1n) is 5.24. The Morgan fingerprint density at radius 2 is 2.18 bits per heavy atom. The van der Waals surface area contributed by atoms with Crippen molar-refractivity contribution in [1.82, 2.24) is 4.98 Å². The van der Waals surface area contributed by atoms with E-state index >= 15 is 0 Å². The summed E-state index contributed by atoms with van der Waals surface area (Å²) >= 11 is 0. The molecule has 0 amide bonds. The Balaban J connectivity index is 2.33. The maximum Gasteiger partial charge on any atom is 0.439 e. The van der Waals surface area contributed by atoms with Crippen molar-refractivity contribution in [1.29, 1.82) is 0 Å². The largest absolute Gasteiger partial charge is 0.491 e. The first-order chi connectivity index (χ1) is 8.20. The SMILES string of the molecule is COCCOc1ccc2oc(=O)nc(C)c2c1. The molecule has 90 valence electrons. The van der Waals surface area contributed by atoms with Crippen LogP contribution in [0.3, 0.4) is 0 Å². The summed E-state index contributed by atoms with van der Waals surface area (Å²) in [6.07, 6.45) is 0. The third-order valence-corrected chi connectivity index (χ3v) is 2.35. The Morgan fingerprint density at radius 3 is 2.94 bits per heavy atom. The third-order valence-electron chi connectivity index (χ3n) is 2.35. The quantitative estimate of drug-likeness (QED) is 0.752. The molecule has 17 heavy (non-hydrogen) atoms. The molecule has 5 nitrogen and oxygen atoms in total. The number of methoxy groups -OCH3 is 1. The van der Waals surface area contributed by atoms with Gasteiger partial charge in [0.15, 0.2) is 0 Å². The van der Waals surface area contributed by atoms with Gasteiger partial charge in [0, 0.05) is 12.5 Å². The Kier molecular flexibility index (Phi) is 3.39. The lowest BCUT2D eigenvalue weighted by Gasteiger charge is -2.06. The molecule has 0 aliphatic carbocycles. The maximum atomic E-state index is 11.1. The monoisotopic (exact) mass is 235 g/mol. The molecule has 0 saturated carbocycles. The summed E-state index contributed by atoms with van der Waals surface area (Å²) in [4.78, 5) is 14.8. The van der Waals surface area contributed by atoms with E-state index in [4.69, 9.17) is 13.9 Å². The molecule has 0 atom stereocenters. The van der Waals surface area contributed by atoms with Crippen molar-refractivity contribution in [2.24, 2.45) is 0 Å². The van der Waals surface area contributed by atoms with Crippen LogP contribution >= 0.6 is 0 Å². The molecule has 1 aromatic carbocycles. The van der Waals surface area contributed by atoms with Crippen molar-refractivity contribution in [3.05, 3.63) is 34.4 Å². The number of hydrogen-bond acceptors (Lipinski definition) is 5. The molecule has 0 aliphatic rings. The number of nitrogens with zero attached hydrogens (tertiary/aromatic N) is 1. The summed E-state index contributed by atoms with van der Waals surface area (Å²) in [6.45, 7) is 2.77. The number of ether oxygens (including phenoxy) is 2. The lowest BCUT2D eigenvalue weighted by molar-refractivity contribution is 0.146. The van der Waals surface area contributed by atoms with Gasteiger partial charge in [0.2, 0.25) is 0 Å². The zero-order valence-corrected chi connectivity index (χ0v) is 9.73. The van der Waals surface area contributed by atoms with Crippen molar-refractivity contribution in [2.75, 3.05) is 20.3 Å². The summed E-state index contributed by atoms with van der Waals surface area (Å²) < 4.78 is 15.3. The smallest absolute Gasteiger partial charge is 0.439 e. The number of rotatable bonds is 4. The van der Waals surface area contributed by atoms with Crippen LogP contribution in [-0.2, 0) is 4.74 Å². The van der Waals surface area contributed by atoms with Crippen LogP contribution < -0.4 is 10.5 Å². The first-order valence-corrected chi connectivity index (χ1v) is 5.24. The fraction of sp³-hybridized carbons (Fsp3) is 0.333. The van der Waals surface area contributed by atoms with Crippen LogP contribution in [0.25, 0.3) is 11.0 Å². The number of aryl methyl sites for hydroxylation is 1. The molecule has 5 heteroatoms. The van der Waals surface area contributed by atoms with Gasteiger partial charge in [0.1, 0.15) is 17.9 Å². The van der Waals surface area contributed by atoms with E-state index in [1.165, 1.54) is 0 Å². The number of hydrogen-bond donors (Lipinski definition) is 0. The van der Waals surface area contributed by atoms with E-state index in [9.17, 15) is 4.79 Å². The minimum absolute atomic E-state index is 0.477. The molecule has 0 fully saturated rings. The average molecular weight is 235 g/mol. The molecule has 0 radical (unpaired) electrons. The van der Waals surface area contributed by atoms with E-state index in [0.29, 0.717) is 30.2 Å². The minimum Gasteiger partial charge on any atom is -0.491 e. The number of fused-ring (bicyclic) bond motifs is 1. The molecular weight excluding hydrogens is 222 g/mol. The molecule has 0 bridgehead atoms. The van der Waals surface area contributed by atoms with Crippen LogP contribution in [0.15, 0.2) is 27.4 Å². The minimum atomic E-state index is -0.581. The summed E-state index contributed by atoms with van der Waals surface area (Å²) in [6, 6.07) is 5.25. The lowest BCUT2D eigenvalue weighted by Crippen LogP contribution is -2.06. The molecule has 0 N–H and O–H groups in total. The second kappa shape index (κ2) is 4.97. The maximum absolute atomic E-state index is 11.1. The van der Waals surface area contributed by atoms with E-state index < -0.39 is 5.76 Å². The van der Waals surface area contributed by atoms with E-state index in [1.54, 1.807) is 32.2 Å². The highest BCUT2D eigenvalue weighted by Crippen LogP contribution is 2.21. The summed E-state index contributed by atoms with van der Waals surface area (Å²) in [5.41, 5.74) is 1.15. The van der Waals surface area contributed by atoms with Crippen LogP contribution in [-0.4, -0.2) is 25.3 Å².